The molecule has 0 atom stereocenters. The monoisotopic (exact) mass is 1120 g/mol. The van der Waals surface area contributed by atoms with Crippen molar-refractivity contribution in [3.63, 3.8) is 0 Å². The molecule has 7 aliphatic heterocycles. The fourth-order valence-corrected chi connectivity index (χ4v) is 32.7. The molecule has 3 fully saturated rings. The lowest BCUT2D eigenvalue weighted by Crippen LogP contribution is -2.57. The van der Waals surface area contributed by atoms with E-state index in [9.17, 15) is 0 Å². The number of fused-ring (bicyclic) bond motifs is 12. The maximum absolute atomic E-state index is 7.97. The van der Waals surface area contributed by atoms with E-state index in [0.29, 0.717) is 25.0 Å². The van der Waals surface area contributed by atoms with Gasteiger partial charge in [0, 0.05) is 40.7 Å². The van der Waals surface area contributed by atoms with E-state index in [4.69, 9.17) is 40.1 Å². The molecule has 0 unspecified atom stereocenters. The van der Waals surface area contributed by atoms with Gasteiger partial charge in [-0.25, -0.2) is 0 Å². The summed E-state index contributed by atoms with van der Waals surface area (Å²) in [5, 5.41) is 2.26. The van der Waals surface area contributed by atoms with Crippen molar-refractivity contribution in [3.05, 3.63) is 124 Å². The fraction of sp³-hybridized carbons (Fsp3) is 0.538. The molecular weight excluding hydrogens is 1040 g/mol. The largest absolute Gasteiger partial charge is 0.497 e. The average molecular weight is 1130 g/mol. The lowest BCUT2D eigenvalue weighted by molar-refractivity contribution is 0.0641. The summed E-state index contributed by atoms with van der Waals surface area (Å²) in [7, 11) is -8.45. The second-order valence-corrected chi connectivity index (χ2v) is 41.9. The molecule has 16 rings (SSSR count). The lowest BCUT2D eigenvalue weighted by atomic mass is 9.52. The number of rotatable bonds is 1. The van der Waals surface area contributed by atoms with Gasteiger partial charge in [-0.1, -0.05) is 81.8 Å². The zero-order valence-electron chi connectivity index (χ0n) is 49.4. The molecule has 11 aliphatic rings. The molecule has 4 aliphatic carbocycles. The van der Waals surface area contributed by atoms with E-state index in [1.807, 2.05) is 0 Å². The van der Waals surface area contributed by atoms with Crippen LogP contribution in [0.5, 0.6) is 23.0 Å². The molecule has 13 heteroatoms. The first-order valence-electron chi connectivity index (χ1n) is 29.3. The summed E-state index contributed by atoms with van der Waals surface area (Å²) in [6.45, 7) is 30.8. The Hall–Kier alpha value is -4.03. The third-order valence-electron chi connectivity index (χ3n) is 17.8. The van der Waals surface area contributed by atoms with Crippen LogP contribution in [-0.2, 0) is 32.2 Å². The number of hydrogen-bond acceptors (Lipinski definition) is 9. The molecule has 9 nitrogen and oxygen atoms in total. The maximum Gasteiger partial charge on any atom is 0.322 e. The molecule has 0 amide bonds. The van der Waals surface area contributed by atoms with Crippen LogP contribution >= 0.6 is 0 Å². The third kappa shape index (κ3) is 11.3. The third-order valence-corrected chi connectivity index (χ3v) is 31.3. The van der Waals surface area contributed by atoms with Crippen LogP contribution in [0.4, 0.5) is 0 Å². The highest BCUT2D eigenvalue weighted by molar-refractivity contribution is 6.87. The van der Waals surface area contributed by atoms with Crippen molar-refractivity contribution in [1.29, 1.82) is 0 Å². The maximum atomic E-state index is 7.97. The van der Waals surface area contributed by atoms with E-state index >= 15 is 0 Å². The van der Waals surface area contributed by atoms with Gasteiger partial charge in [0.2, 0.25) is 0 Å². The molecule has 0 N–H and O–H groups in total. The Balaban J connectivity index is 0.970. The van der Waals surface area contributed by atoms with Crippen LogP contribution in [0.25, 0.3) is 28.0 Å². The van der Waals surface area contributed by atoms with Gasteiger partial charge in [0.1, 0.15) is 23.0 Å². The zero-order valence-corrected chi connectivity index (χ0v) is 53.4. The minimum atomic E-state index is -2.60. The van der Waals surface area contributed by atoms with Gasteiger partial charge in [-0.05, 0) is 229 Å². The summed E-state index contributed by atoms with van der Waals surface area (Å²) in [6.07, 6.45) is 16.4. The SMILES string of the molecule is COc1ccc2c3c(c4c(c2c1)OC1(C=C4)c2ccc(cc2)OC2CCC(CC2)CO[Si](C)(C)O[Si](C)(C)O[Si](C)(C)O[Si](C)(C)OCC2CCC(CC2)Oc2ccc1cc2)C1(CC(C)(C)CC(C)(C)C1)c1cc(C)ccc1-3. The van der Waals surface area contributed by atoms with E-state index in [2.05, 4.69) is 184 Å². The Labute approximate surface area is 471 Å². The Morgan fingerprint density at radius 1 is 0.538 bits per heavy atom. The Morgan fingerprint density at radius 3 is 1.54 bits per heavy atom. The van der Waals surface area contributed by atoms with Gasteiger partial charge in [0.05, 0.1) is 19.3 Å². The first-order chi connectivity index (χ1) is 36.7. The molecule has 5 aromatic carbocycles. The van der Waals surface area contributed by atoms with Crippen molar-refractivity contribution in [1.82, 2.24) is 0 Å². The molecule has 8 bridgehead atoms. The van der Waals surface area contributed by atoms with E-state index in [1.165, 1.54) is 45.2 Å². The number of methoxy groups -OCH3 is 1. The molecule has 3 saturated carbocycles. The van der Waals surface area contributed by atoms with Crippen LogP contribution in [0.3, 0.4) is 0 Å². The van der Waals surface area contributed by atoms with Crippen LogP contribution in [0.15, 0.2) is 91.0 Å². The molecule has 0 saturated heterocycles. The topological polar surface area (TPSA) is 83.1 Å². The van der Waals surface area contributed by atoms with Crippen molar-refractivity contribution in [2.24, 2.45) is 22.7 Å². The second-order valence-electron chi connectivity index (χ2n) is 27.7. The van der Waals surface area contributed by atoms with E-state index in [-0.39, 0.29) is 28.5 Å². The van der Waals surface area contributed by atoms with Crippen LogP contribution in [0, 0.1) is 29.6 Å². The molecule has 418 valence electrons. The highest BCUT2D eigenvalue weighted by Gasteiger charge is 2.56. The Morgan fingerprint density at radius 2 is 1.04 bits per heavy atom. The molecule has 7 heterocycles. The Kier molecular flexibility index (Phi) is 14.6. The van der Waals surface area contributed by atoms with Crippen molar-refractivity contribution in [2.75, 3.05) is 20.3 Å². The van der Waals surface area contributed by atoms with Crippen LogP contribution < -0.4 is 18.9 Å². The minimum Gasteiger partial charge on any atom is -0.497 e. The minimum absolute atomic E-state index is 0.116. The average Bonchev–Trinajstić information content (AvgIpc) is 3.63. The van der Waals surface area contributed by atoms with Crippen LogP contribution in [0.2, 0.25) is 52.4 Å². The quantitative estimate of drug-likeness (QED) is 0.152. The van der Waals surface area contributed by atoms with Crippen LogP contribution in [0.1, 0.15) is 132 Å². The predicted molar refractivity (Wildman–Crippen MR) is 324 cm³/mol. The van der Waals surface area contributed by atoms with Crippen molar-refractivity contribution < 1.29 is 40.1 Å². The van der Waals surface area contributed by atoms with Gasteiger partial charge in [0.25, 0.3) is 0 Å². The zero-order chi connectivity index (χ0) is 55.3. The van der Waals surface area contributed by atoms with Gasteiger partial charge < -0.3 is 40.1 Å². The van der Waals surface area contributed by atoms with Gasteiger partial charge in [0.15, 0.2) is 5.60 Å². The smallest absolute Gasteiger partial charge is 0.322 e. The summed E-state index contributed by atoms with van der Waals surface area (Å²) >= 11 is 0. The second kappa shape index (κ2) is 20.4. The molecule has 0 aromatic heterocycles. The number of aryl methyl sites for hydroxylation is 1. The van der Waals surface area contributed by atoms with Gasteiger partial charge in [-0.3, -0.25) is 0 Å². The van der Waals surface area contributed by atoms with E-state index in [0.717, 1.165) is 104 Å². The first kappa shape index (κ1) is 55.9. The van der Waals surface area contributed by atoms with Crippen LogP contribution in [-0.4, -0.2) is 66.8 Å². The summed E-state index contributed by atoms with van der Waals surface area (Å²) in [5.41, 5.74) is 9.15. The normalized spacial score (nSPS) is 28.5. The Bertz CT molecular complexity index is 2940. The molecule has 2 spiro atoms. The van der Waals surface area contributed by atoms with Crippen molar-refractivity contribution >= 4 is 51.1 Å². The number of hydrogen-bond donors (Lipinski definition) is 0. The van der Waals surface area contributed by atoms with Crippen molar-refractivity contribution in [2.45, 2.75) is 181 Å². The molecule has 5 aromatic rings. The molecular formula is C65H88O9Si4. The van der Waals surface area contributed by atoms with E-state index in [1.54, 1.807) is 7.11 Å². The summed E-state index contributed by atoms with van der Waals surface area (Å²) in [6, 6.07) is 31.3. The van der Waals surface area contributed by atoms with Gasteiger partial charge in [-0.2, -0.15) is 0 Å². The lowest BCUT2D eigenvalue weighted by Gasteiger charge is -2.52. The van der Waals surface area contributed by atoms with Gasteiger partial charge in [-0.15, -0.1) is 0 Å². The number of ether oxygens (including phenoxy) is 4. The molecule has 0 radical (unpaired) electrons. The van der Waals surface area contributed by atoms with Gasteiger partial charge >= 0.3 is 34.2 Å². The molecule has 78 heavy (non-hydrogen) atoms. The summed E-state index contributed by atoms with van der Waals surface area (Å²) < 4.78 is 61.6. The number of benzene rings is 5. The van der Waals surface area contributed by atoms with Crippen molar-refractivity contribution in [3.8, 4) is 34.1 Å². The first-order valence-corrected chi connectivity index (χ1v) is 40.6. The fourth-order valence-electron chi connectivity index (χ4n) is 15.7. The van der Waals surface area contributed by atoms with E-state index < -0.39 is 39.8 Å². The standard InChI is InChI=1S/C65H88O9Si4/c1-44-15-33-55-58(37-44)64(42-62(2,3)41-63(4,5)43-64)60-56-35-36-65(71-61(56)57-38-53(66-6)32-34-54(57)59(55)60)47-20-28-51(29-21-47)69-49-24-16-45(17-25-49)39-67-75(7,8)72-77(11,12)74-78(13,14)73-76(9,10)68-40-46-18-26-50(27-19-46)70-52-30-22-48(65)23-31-52/h15,20-23,28-38,45-46,49-50H,16-19,24-27,39-43H2,1-14H3. The summed E-state index contributed by atoms with van der Waals surface area (Å²) in [4.78, 5) is 0. The highest BCUT2D eigenvalue weighted by atomic mass is 28.5. The summed E-state index contributed by atoms with van der Waals surface area (Å²) in [5.74, 6) is 4.37. The highest BCUT2D eigenvalue weighted by Crippen LogP contribution is 2.67. The predicted octanol–water partition coefficient (Wildman–Crippen LogP) is 16.8.